The molecule has 1 heterocycles. The Hall–Kier alpha value is -1.92. The topological polar surface area (TPSA) is 90.2 Å². The molecular formula is C14H24N4O3. The summed E-state index contributed by atoms with van der Waals surface area (Å²) in [5.41, 5.74) is 0.241. The summed E-state index contributed by atoms with van der Waals surface area (Å²) < 4.78 is 5.54. The maximum Gasteiger partial charge on any atom is 0.352 e. The van der Waals surface area contributed by atoms with Gasteiger partial charge in [0.15, 0.2) is 0 Å². The number of anilines is 1. The van der Waals surface area contributed by atoms with Gasteiger partial charge in [0, 0.05) is 6.54 Å². The fraction of sp³-hybridized carbons (Fsp3) is 0.714. The van der Waals surface area contributed by atoms with E-state index in [1.165, 1.54) is 0 Å². The van der Waals surface area contributed by atoms with Crippen molar-refractivity contribution in [2.75, 3.05) is 18.5 Å². The molecule has 0 unspecified atom stereocenters. The van der Waals surface area contributed by atoms with Gasteiger partial charge in [0.05, 0.1) is 11.5 Å². The number of hydrogen-bond acceptors (Lipinski definition) is 6. The maximum absolute atomic E-state index is 11.2. The van der Waals surface area contributed by atoms with Crippen molar-refractivity contribution in [2.24, 2.45) is 5.41 Å². The predicted molar refractivity (Wildman–Crippen MR) is 81.8 cm³/mol. The van der Waals surface area contributed by atoms with E-state index in [2.05, 4.69) is 36.1 Å². The van der Waals surface area contributed by atoms with E-state index in [0.29, 0.717) is 24.8 Å². The number of aromatic nitrogens is 2. The Morgan fingerprint density at radius 2 is 2.00 bits per heavy atom. The van der Waals surface area contributed by atoms with Crippen LogP contribution in [0.3, 0.4) is 0 Å². The van der Waals surface area contributed by atoms with E-state index in [0.717, 1.165) is 12.8 Å². The highest BCUT2D eigenvalue weighted by Gasteiger charge is 2.24. The molecule has 7 heteroatoms. The molecule has 0 saturated heterocycles. The van der Waals surface area contributed by atoms with Crippen LogP contribution in [-0.4, -0.2) is 28.0 Å². The third kappa shape index (κ3) is 5.53. The second-order valence-electron chi connectivity index (χ2n) is 6.13. The lowest BCUT2D eigenvalue weighted by Crippen LogP contribution is -2.14. The third-order valence-corrected chi connectivity index (χ3v) is 2.83. The minimum Gasteiger partial charge on any atom is -0.473 e. The van der Waals surface area contributed by atoms with E-state index in [4.69, 9.17) is 4.74 Å². The van der Waals surface area contributed by atoms with Crippen LogP contribution < -0.4 is 10.1 Å². The first kappa shape index (κ1) is 17.1. The molecule has 0 aliphatic rings. The lowest BCUT2D eigenvalue weighted by atomic mass is 9.93. The fourth-order valence-corrected chi connectivity index (χ4v) is 1.62. The Bertz CT molecular complexity index is 498. The van der Waals surface area contributed by atoms with Crippen LogP contribution in [0, 0.1) is 22.5 Å². The second-order valence-corrected chi connectivity index (χ2v) is 6.13. The summed E-state index contributed by atoms with van der Waals surface area (Å²) >= 11 is 0. The maximum atomic E-state index is 11.2. The van der Waals surface area contributed by atoms with Gasteiger partial charge in [-0.1, -0.05) is 27.7 Å². The molecule has 118 valence electrons. The lowest BCUT2D eigenvalue weighted by Gasteiger charge is -2.18. The van der Waals surface area contributed by atoms with E-state index in [1.54, 1.807) is 6.92 Å². The molecule has 1 rings (SSSR count). The monoisotopic (exact) mass is 296 g/mol. The lowest BCUT2D eigenvalue weighted by molar-refractivity contribution is -0.387. The molecule has 0 bridgehead atoms. The Kier molecular flexibility index (Phi) is 5.87. The van der Waals surface area contributed by atoms with Crippen LogP contribution in [0.5, 0.6) is 5.88 Å². The molecular weight excluding hydrogens is 272 g/mol. The van der Waals surface area contributed by atoms with Gasteiger partial charge in [0.1, 0.15) is 5.69 Å². The first-order chi connectivity index (χ1) is 9.74. The van der Waals surface area contributed by atoms with Crippen LogP contribution in [0.1, 0.15) is 46.2 Å². The van der Waals surface area contributed by atoms with Gasteiger partial charge in [-0.15, -0.1) is 0 Å². The summed E-state index contributed by atoms with van der Waals surface area (Å²) in [7, 11) is 0. The summed E-state index contributed by atoms with van der Waals surface area (Å²) in [6, 6.07) is 0. The van der Waals surface area contributed by atoms with Gasteiger partial charge in [-0.2, -0.15) is 4.98 Å². The molecule has 0 radical (unpaired) electrons. The van der Waals surface area contributed by atoms with Gasteiger partial charge in [0.2, 0.25) is 5.95 Å². The third-order valence-electron chi connectivity index (χ3n) is 2.83. The summed E-state index contributed by atoms with van der Waals surface area (Å²) in [5, 5.41) is 14.2. The second kappa shape index (κ2) is 7.19. The van der Waals surface area contributed by atoms with E-state index in [-0.39, 0.29) is 17.0 Å². The van der Waals surface area contributed by atoms with Gasteiger partial charge in [-0.3, -0.25) is 10.1 Å². The van der Waals surface area contributed by atoms with Crippen LogP contribution in [-0.2, 0) is 0 Å². The van der Waals surface area contributed by atoms with Crippen molar-refractivity contribution >= 4 is 11.6 Å². The molecule has 0 spiro atoms. The van der Waals surface area contributed by atoms with Crippen LogP contribution in [0.25, 0.3) is 0 Å². The zero-order valence-electron chi connectivity index (χ0n) is 13.4. The summed E-state index contributed by atoms with van der Waals surface area (Å²) in [4.78, 5) is 18.9. The summed E-state index contributed by atoms with van der Waals surface area (Å²) in [6.45, 7) is 11.0. The highest BCUT2D eigenvalue weighted by Crippen LogP contribution is 2.29. The number of nitrogens with one attached hydrogen (secondary N) is 1. The molecule has 21 heavy (non-hydrogen) atoms. The number of rotatable bonds is 7. The Morgan fingerprint density at radius 1 is 1.33 bits per heavy atom. The zero-order valence-corrected chi connectivity index (χ0v) is 13.4. The Balaban J connectivity index is 2.96. The van der Waals surface area contributed by atoms with Crippen molar-refractivity contribution in [2.45, 2.75) is 47.5 Å². The van der Waals surface area contributed by atoms with Gasteiger partial charge in [-0.05, 0) is 25.2 Å². The molecule has 0 aliphatic heterocycles. The number of nitro groups is 1. The standard InChI is InChI=1S/C14H24N4O3/c1-6-8-15-13-16-10(2)11(18(19)20)12(17-13)21-9-7-14(3,4)5/h6-9H2,1-5H3,(H,15,16,17). The van der Waals surface area contributed by atoms with Crippen molar-refractivity contribution in [3.63, 3.8) is 0 Å². The predicted octanol–water partition coefficient (Wildman–Crippen LogP) is 3.33. The molecule has 1 N–H and O–H groups in total. The smallest absolute Gasteiger partial charge is 0.352 e. The van der Waals surface area contributed by atoms with E-state index in [9.17, 15) is 10.1 Å². The largest absolute Gasteiger partial charge is 0.473 e. The van der Waals surface area contributed by atoms with Crippen LogP contribution in [0.2, 0.25) is 0 Å². The molecule has 0 saturated carbocycles. The first-order valence-corrected chi connectivity index (χ1v) is 7.14. The Morgan fingerprint density at radius 3 is 2.52 bits per heavy atom. The van der Waals surface area contributed by atoms with Gasteiger partial charge in [0.25, 0.3) is 5.88 Å². The quantitative estimate of drug-likeness (QED) is 0.613. The molecule has 0 fully saturated rings. The van der Waals surface area contributed by atoms with Crippen molar-refractivity contribution in [1.29, 1.82) is 0 Å². The highest BCUT2D eigenvalue weighted by molar-refractivity contribution is 5.48. The molecule has 7 nitrogen and oxygen atoms in total. The van der Waals surface area contributed by atoms with Crippen LogP contribution in [0.4, 0.5) is 11.6 Å². The minimum absolute atomic E-state index is 0.0374. The average Bonchev–Trinajstić information content (AvgIpc) is 2.33. The normalized spacial score (nSPS) is 11.3. The molecule has 1 aromatic heterocycles. The Labute approximate surface area is 125 Å². The SMILES string of the molecule is CCCNc1nc(C)c([N+](=O)[O-])c(OCCC(C)(C)C)n1. The molecule has 1 aromatic rings. The number of hydrogen-bond donors (Lipinski definition) is 1. The van der Waals surface area contributed by atoms with Gasteiger partial charge in [-0.25, -0.2) is 4.98 Å². The average molecular weight is 296 g/mol. The van der Waals surface area contributed by atoms with Crippen LogP contribution >= 0.6 is 0 Å². The number of ether oxygens (including phenoxy) is 1. The summed E-state index contributed by atoms with van der Waals surface area (Å²) in [6.07, 6.45) is 1.70. The minimum atomic E-state index is -0.495. The van der Waals surface area contributed by atoms with Gasteiger partial charge >= 0.3 is 5.69 Å². The van der Waals surface area contributed by atoms with Crippen molar-refractivity contribution in [3.05, 3.63) is 15.8 Å². The van der Waals surface area contributed by atoms with Crippen molar-refractivity contribution < 1.29 is 9.66 Å². The van der Waals surface area contributed by atoms with Crippen LogP contribution in [0.15, 0.2) is 0 Å². The van der Waals surface area contributed by atoms with E-state index in [1.807, 2.05) is 6.92 Å². The number of aryl methyl sites for hydroxylation is 1. The number of nitrogens with zero attached hydrogens (tertiary/aromatic N) is 3. The van der Waals surface area contributed by atoms with Crippen molar-refractivity contribution in [1.82, 2.24) is 9.97 Å². The fourth-order valence-electron chi connectivity index (χ4n) is 1.62. The van der Waals surface area contributed by atoms with Gasteiger partial charge < -0.3 is 10.1 Å². The molecule has 0 aliphatic carbocycles. The highest BCUT2D eigenvalue weighted by atomic mass is 16.6. The molecule has 0 atom stereocenters. The first-order valence-electron chi connectivity index (χ1n) is 7.14. The van der Waals surface area contributed by atoms with Crippen molar-refractivity contribution in [3.8, 4) is 5.88 Å². The van der Waals surface area contributed by atoms with E-state index < -0.39 is 4.92 Å². The molecule has 0 aromatic carbocycles. The summed E-state index contributed by atoms with van der Waals surface area (Å²) in [5.74, 6) is 0.404. The molecule has 0 amide bonds. The van der Waals surface area contributed by atoms with E-state index >= 15 is 0 Å². The zero-order chi connectivity index (χ0) is 16.0.